The number of para-hydroxylation sites is 1. The van der Waals surface area contributed by atoms with E-state index >= 15 is 0 Å². The van der Waals surface area contributed by atoms with Crippen molar-refractivity contribution >= 4 is 39.7 Å². The fraction of sp³-hybridized carbons (Fsp3) is 0.250. The van der Waals surface area contributed by atoms with Gasteiger partial charge in [0.05, 0.1) is 0 Å². The standard InChI is InChI=1S/C8H11N.2BrH/c1-6-4-3-5-7(2)8(6)9;;/h3-5H,9H2,1-2H3;2*1H. The Hall–Kier alpha value is -0.0200. The lowest BCUT2D eigenvalue weighted by Crippen LogP contribution is -1.91. The highest BCUT2D eigenvalue weighted by atomic mass is 79.9. The van der Waals surface area contributed by atoms with Gasteiger partial charge in [-0.05, 0) is 25.0 Å². The number of hydrogen-bond donors (Lipinski definition) is 1. The van der Waals surface area contributed by atoms with E-state index in [1.165, 1.54) is 0 Å². The molecular formula is C8H13Br2N. The molecule has 1 rings (SSSR count). The lowest BCUT2D eigenvalue weighted by molar-refractivity contribution is 1.39. The van der Waals surface area contributed by atoms with Crippen LogP contribution in [0.2, 0.25) is 0 Å². The van der Waals surface area contributed by atoms with E-state index in [9.17, 15) is 0 Å². The van der Waals surface area contributed by atoms with Gasteiger partial charge in [0.1, 0.15) is 0 Å². The molecule has 0 radical (unpaired) electrons. The van der Waals surface area contributed by atoms with Crippen LogP contribution in [-0.2, 0) is 0 Å². The molecule has 0 saturated carbocycles. The fourth-order valence-electron chi connectivity index (χ4n) is 0.827. The van der Waals surface area contributed by atoms with Gasteiger partial charge in [0.15, 0.2) is 0 Å². The minimum Gasteiger partial charge on any atom is -0.398 e. The molecule has 3 heteroatoms. The second kappa shape index (κ2) is 5.61. The minimum absolute atomic E-state index is 0. The Morgan fingerprint density at radius 3 is 1.64 bits per heavy atom. The van der Waals surface area contributed by atoms with Crippen LogP contribution in [0.25, 0.3) is 0 Å². The molecule has 2 N–H and O–H groups in total. The third-order valence-corrected chi connectivity index (χ3v) is 1.54. The van der Waals surface area contributed by atoms with Gasteiger partial charge in [0.2, 0.25) is 0 Å². The first-order chi connectivity index (χ1) is 4.22. The Balaban J connectivity index is 0. The van der Waals surface area contributed by atoms with Crippen LogP contribution in [0.1, 0.15) is 11.1 Å². The van der Waals surface area contributed by atoms with E-state index in [-0.39, 0.29) is 34.0 Å². The zero-order valence-electron chi connectivity index (χ0n) is 6.63. The quantitative estimate of drug-likeness (QED) is 0.728. The average molecular weight is 283 g/mol. The maximum Gasteiger partial charge on any atom is 0.0373 e. The smallest absolute Gasteiger partial charge is 0.0373 e. The molecule has 0 spiro atoms. The SMILES string of the molecule is Br.Br.Cc1cccc(C)c1N. The van der Waals surface area contributed by atoms with Crippen molar-refractivity contribution in [1.82, 2.24) is 0 Å². The maximum absolute atomic E-state index is 5.68. The Bertz CT molecular complexity index is 203. The van der Waals surface area contributed by atoms with Crippen LogP contribution in [0.15, 0.2) is 18.2 Å². The third-order valence-electron chi connectivity index (χ3n) is 1.54. The Morgan fingerprint density at radius 2 is 1.36 bits per heavy atom. The predicted octanol–water partition coefficient (Wildman–Crippen LogP) is 3.04. The summed E-state index contributed by atoms with van der Waals surface area (Å²) in [5.41, 5.74) is 8.92. The number of hydrogen-bond acceptors (Lipinski definition) is 1. The van der Waals surface area contributed by atoms with Crippen molar-refractivity contribution in [3.8, 4) is 0 Å². The van der Waals surface area contributed by atoms with E-state index in [1.807, 2.05) is 32.0 Å². The molecule has 0 aliphatic heterocycles. The van der Waals surface area contributed by atoms with E-state index in [4.69, 9.17) is 5.73 Å². The minimum atomic E-state index is 0. The lowest BCUT2D eigenvalue weighted by atomic mass is 10.1. The van der Waals surface area contributed by atoms with Gasteiger partial charge in [0.25, 0.3) is 0 Å². The van der Waals surface area contributed by atoms with E-state index in [0.717, 1.165) is 16.8 Å². The number of rotatable bonds is 0. The van der Waals surface area contributed by atoms with Gasteiger partial charge >= 0.3 is 0 Å². The third kappa shape index (κ3) is 3.25. The monoisotopic (exact) mass is 281 g/mol. The molecule has 0 heterocycles. The molecule has 0 saturated heterocycles. The summed E-state index contributed by atoms with van der Waals surface area (Å²) in [5, 5.41) is 0. The van der Waals surface area contributed by atoms with Gasteiger partial charge in [0, 0.05) is 5.69 Å². The van der Waals surface area contributed by atoms with Gasteiger partial charge in [-0.15, -0.1) is 34.0 Å². The van der Waals surface area contributed by atoms with E-state index < -0.39 is 0 Å². The van der Waals surface area contributed by atoms with E-state index in [1.54, 1.807) is 0 Å². The van der Waals surface area contributed by atoms with Crippen LogP contribution >= 0.6 is 34.0 Å². The molecule has 1 nitrogen and oxygen atoms in total. The van der Waals surface area contributed by atoms with Crippen LogP contribution in [0, 0.1) is 13.8 Å². The van der Waals surface area contributed by atoms with Crippen molar-refractivity contribution in [3.05, 3.63) is 29.3 Å². The summed E-state index contributed by atoms with van der Waals surface area (Å²) in [4.78, 5) is 0. The molecule has 0 atom stereocenters. The first kappa shape index (κ1) is 13.6. The number of nitrogens with two attached hydrogens (primary N) is 1. The van der Waals surface area contributed by atoms with Gasteiger partial charge in [-0.25, -0.2) is 0 Å². The van der Waals surface area contributed by atoms with Gasteiger partial charge in [-0.3, -0.25) is 0 Å². The molecule has 11 heavy (non-hydrogen) atoms. The molecule has 0 bridgehead atoms. The zero-order valence-corrected chi connectivity index (χ0v) is 10.1. The summed E-state index contributed by atoms with van der Waals surface area (Å²) in [6.45, 7) is 4.03. The second-order valence-electron chi connectivity index (χ2n) is 2.31. The lowest BCUT2D eigenvalue weighted by Gasteiger charge is -2.00. The Morgan fingerprint density at radius 1 is 1.00 bits per heavy atom. The summed E-state index contributed by atoms with van der Waals surface area (Å²) in [6.07, 6.45) is 0. The Kier molecular flexibility index (Phi) is 6.91. The van der Waals surface area contributed by atoms with Crippen LogP contribution in [0.5, 0.6) is 0 Å². The molecular weight excluding hydrogens is 270 g/mol. The molecule has 1 aromatic rings. The molecule has 0 fully saturated rings. The molecule has 0 amide bonds. The van der Waals surface area contributed by atoms with Crippen LogP contribution < -0.4 is 5.73 Å². The van der Waals surface area contributed by atoms with Gasteiger partial charge in [-0.1, -0.05) is 18.2 Å². The highest BCUT2D eigenvalue weighted by molar-refractivity contribution is 8.93. The predicted molar refractivity (Wildman–Crippen MR) is 61.0 cm³/mol. The average Bonchev–Trinajstić information content (AvgIpc) is 1.83. The summed E-state index contributed by atoms with van der Waals surface area (Å²) < 4.78 is 0. The normalized spacial score (nSPS) is 7.82. The molecule has 64 valence electrons. The maximum atomic E-state index is 5.68. The second-order valence-corrected chi connectivity index (χ2v) is 2.31. The van der Waals surface area contributed by atoms with E-state index in [2.05, 4.69) is 0 Å². The highest BCUT2D eigenvalue weighted by Crippen LogP contribution is 2.13. The first-order valence-corrected chi connectivity index (χ1v) is 3.03. The largest absolute Gasteiger partial charge is 0.398 e. The number of halogens is 2. The highest BCUT2D eigenvalue weighted by Gasteiger charge is 1.92. The van der Waals surface area contributed by atoms with E-state index in [0.29, 0.717) is 0 Å². The topological polar surface area (TPSA) is 26.0 Å². The number of aryl methyl sites for hydroxylation is 2. The molecule has 0 aliphatic carbocycles. The molecule has 0 aliphatic rings. The first-order valence-electron chi connectivity index (χ1n) is 3.03. The summed E-state index contributed by atoms with van der Waals surface area (Å²) >= 11 is 0. The van der Waals surface area contributed by atoms with Crippen LogP contribution in [0.3, 0.4) is 0 Å². The molecule has 0 unspecified atom stereocenters. The number of anilines is 1. The summed E-state index contributed by atoms with van der Waals surface area (Å²) in [6, 6.07) is 6.05. The van der Waals surface area contributed by atoms with Crippen molar-refractivity contribution in [2.24, 2.45) is 0 Å². The molecule has 0 aromatic heterocycles. The van der Waals surface area contributed by atoms with Crippen LogP contribution in [0.4, 0.5) is 5.69 Å². The van der Waals surface area contributed by atoms with Crippen molar-refractivity contribution in [3.63, 3.8) is 0 Å². The molecule has 1 aromatic carbocycles. The van der Waals surface area contributed by atoms with Crippen molar-refractivity contribution in [2.45, 2.75) is 13.8 Å². The van der Waals surface area contributed by atoms with Gasteiger partial charge < -0.3 is 5.73 Å². The van der Waals surface area contributed by atoms with Crippen molar-refractivity contribution < 1.29 is 0 Å². The summed E-state index contributed by atoms with van der Waals surface area (Å²) in [7, 11) is 0. The zero-order chi connectivity index (χ0) is 6.85. The fourth-order valence-corrected chi connectivity index (χ4v) is 0.827. The van der Waals surface area contributed by atoms with Crippen molar-refractivity contribution in [2.75, 3.05) is 5.73 Å². The van der Waals surface area contributed by atoms with Gasteiger partial charge in [-0.2, -0.15) is 0 Å². The summed E-state index contributed by atoms with van der Waals surface area (Å²) in [5.74, 6) is 0. The van der Waals surface area contributed by atoms with Crippen LogP contribution in [-0.4, -0.2) is 0 Å². The Labute approximate surface area is 88.5 Å². The number of nitrogen functional groups attached to an aromatic ring is 1. The number of benzene rings is 1. The van der Waals surface area contributed by atoms with Crippen molar-refractivity contribution in [1.29, 1.82) is 0 Å².